The van der Waals surface area contributed by atoms with Crippen molar-refractivity contribution in [3.8, 4) is 22.9 Å². The minimum absolute atomic E-state index is 0.0996. The summed E-state index contributed by atoms with van der Waals surface area (Å²) in [4.78, 5) is 13.0. The van der Waals surface area contributed by atoms with E-state index in [1.807, 2.05) is 0 Å². The lowest BCUT2D eigenvalue weighted by atomic mass is 10.2. The Morgan fingerprint density at radius 3 is 2.48 bits per heavy atom. The lowest BCUT2D eigenvalue weighted by molar-refractivity contribution is -0.156. The Kier molecular flexibility index (Phi) is 4.83. The highest BCUT2D eigenvalue weighted by molar-refractivity contribution is 5.69. The summed E-state index contributed by atoms with van der Waals surface area (Å²) >= 11 is 0. The van der Waals surface area contributed by atoms with Gasteiger partial charge in [0.25, 0.3) is 0 Å². The van der Waals surface area contributed by atoms with Crippen molar-refractivity contribution in [1.82, 2.24) is 20.2 Å². The smallest absolute Gasteiger partial charge is 0.330 e. The second-order valence-electron chi connectivity index (χ2n) is 5.80. The lowest BCUT2D eigenvalue weighted by Crippen LogP contribution is -2.27. The van der Waals surface area contributed by atoms with Gasteiger partial charge in [0.2, 0.25) is 5.82 Å². The molecular weight excluding hydrogens is 300 g/mol. The van der Waals surface area contributed by atoms with Crippen LogP contribution in [0.2, 0.25) is 0 Å². The van der Waals surface area contributed by atoms with Crippen molar-refractivity contribution in [2.45, 2.75) is 32.9 Å². The highest BCUT2D eigenvalue weighted by Crippen LogP contribution is 2.30. The topological polar surface area (TPSA) is 88.4 Å². The number of rotatable bonds is 5. The molecule has 0 saturated heterocycles. The summed E-state index contributed by atoms with van der Waals surface area (Å²) in [6.45, 7) is 5.30. The molecule has 1 aromatic carbocycles. The monoisotopic (exact) mass is 320 g/mol. The molecule has 0 aliphatic heterocycles. The third-order valence-electron chi connectivity index (χ3n) is 2.79. The molecule has 124 valence electrons. The van der Waals surface area contributed by atoms with E-state index in [0.29, 0.717) is 22.9 Å². The Hall–Kier alpha value is -2.64. The first kappa shape index (κ1) is 16.7. The summed E-state index contributed by atoms with van der Waals surface area (Å²) in [6, 6.07) is 5.28. The van der Waals surface area contributed by atoms with Crippen molar-refractivity contribution < 1.29 is 19.0 Å². The molecule has 8 heteroatoms. The van der Waals surface area contributed by atoms with E-state index in [-0.39, 0.29) is 6.54 Å². The number of ether oxygens (including phenoxy) is 3. The zero-order valence-electron chi connectivity index (χ0n) is 13.9. The van der Waals surface area contributed by atoms with Gasteiger partial charge in [-0.1, -0.05) is 0 Å². The van der Waals surface area contributed by atoms with Gasteiger partial charge >= 0.3 is 5.97 Å². The molecule has 0 saturated carbocycles. The van der Waals surface area contributed by atoms with Gasteiger partial charge in [0, 0.05) is 5.56 Å². The van der Waals surface area contributed by atoms with Gasteiger partial charge in [-0.15, -0.1) is 10.2 Å². The predicted molar refractivity (Wildman–Crippen MR) is 82.2 cm³/mol. The van der Waals surface area contributed by atoms with Crippen LogP contribution in [-0.4, -0.2) is 46.0 Å². The summed E-state index contributed by atoms with van der Waals surface area (Å²) in [5, 5.41) is 12.0. The van der Waals surface area contributed by atoms with Crippen molar-refractivity contribution in [3.05, 3.63) is 18.2 Å². The predicted octanol–water partition coefficient (Wildman–Crippen LogP) is 1.70. The van der Waals surface area contributed by atoms with Gasteiger partial charge in [-0.05, 0) is 44.2 Å². The van der Waals surface area contributed by atoms with Crippen LogP contribution in [0.4, 0.5) is 0 Å². The minimum atomic E-state index is -0.552. The van der Waals surface area contributed by atoms with E-state index < -0.39 is 11.6 Å². The second kappa shape index (κ2) is 6.64. The average molecular weight is 320 g/mol. The number of benzene rings is 1. The molecule has 0 atom stereocenters. The average Bonchev–Trinajstić information content (AvgIpc) is 2.92. The van der Waals surface area contributed by atoms with Gasteiger partial charge in [0.05, 0.1) is 14.2 Å². The maximum absolute atomic E-state index is 11.8. The molecule has 8 nitrogen and oxygen atoms in total. The molecule has 0 aliphatic carbocycles. The number of methoxy groups -OCH3 is 2. The largest absolute Gasteiger partial charge is 0.493 e. The first-order valence-electron chi connectivity index (χ1n) is 7.04. The molecule has 0 aliphatic rings. The number of nitrogens with zero attached hydrogens (tertiary/aromatic N) is 4. The third-order valence-corrected chi connectivity index (χ3v) is 2.79. The van der Waals surface area contributed by atoms with Crippen LogP contribution >= 0.6 is 0 Å². The molecule has 2 rings (SSSR count). The first-order valence-corrected chi connectivity index (χ1v) is 7.04. The highest BCUT2D eigenvalue weighted by Gasteiger charge is 2.18. The molecule has 0 N–H and O–H groups in total. The summed E-state index contributed by atoms with van der Waals surface area (Å²) in [5.41, 5.74) is 0.155. The summed E-state index contributed by atoms with van der Waals surface area (Å²) in [5.74, 6) is 1.13. The molecule has 0 amide bonds. The van der Waals surface area contributed by atoms with Gasteiger partial charge in [-0.25, -0.2) is 4.79 Å². The normalized spacial score (nSPS) is 11.2. The molecule has 1 aromatic heterocycles. The van der Waals surface area contributed by atoms with Gasteiger partial charge in [0.15, 0.2) is 18.0 Å². The van der Waals surface area contributed by atoms with Gasteiger partial charge < -0.3 is 14.2 Å². The number of carbonyl (C=O) groups excluding carboxylic acids is 1. The molecular formula is C15H20N4O4. The molecule has 0 radical (unpaired) electrons. The summed E-state index contributed by atoms with van der Waals surface area (Å²) < 4.78 is 15.6. The van der Waals surface area contributed by atoms with E-state index >= 15 is 0 Å². The van der Waals surface area contributed by atoms with Crippen LogP contribution in [-0.2, 0) is 16.1 Å². The van der Waals surface area contributed by atoms with Crippen LogP contribution in [0.1, 0.15) is 20.8 Å². The maximum Gasteiger partial charge on any atom is 0.330 e. The van der Waals surface area contributed by atoms with E-state index in [0.717, 1.165) is 0 Å². The zero-order valence-corrected chi connectivity index (χ0v) is 13.9. The molecule has 0 unspecified atom stereocenters. The molecule has 2 aromatic rings. The number of hydrogen-bond donors (Lipinski definition) is 0. The Morgan fingerprint density at radius 2 is 1.87 bits per heavy atom. The molecule has 0 bridgehead atoms. The van der Waals surface area contributed by atoms with Crippen molar-refractivity contribution in [2.24, 2.45) is 0 Å². The molecule has 0 fully saturated rings. The zero-order chi connectivity index (χ0) is 17.0. The fourth-order valence-electron chi connectivity index (χ4n) is 1.89. The fourth-order valence-corrected chi connectivity index (χ4v) is 1.89. The Labute approximate surface area is 134 Å². The van der Waals surface area contributed by atoms with Gasteiger partial charge in [-0.2, -0.15) is 4.80 Å². The quantitative estimate of drug-likeness (QED) is 0.775. The van der Waals surface area contributed by atoms with Crippen LogP contribution in [0.3, 0.4) is 0 Å². The van der Waals surface area contributed by atoms with Crippen LogP contribution in [0.15, 0.2) is 18.2 Å². The maximum atomic E-state index is 11.8. The Bertz CT molecular complexity index is 691. The van der Waals surface area contributed by atoms with Crippen molar-refractivity contribution in [3.63, 3.8) is 0 Å². The SMILES string of the molecule is COc1ccc(-c2nnn(CC(=O)OC(C)(C)C)n2)cc1OC. The number of esters is 1. The third kappa shape index (κ3) is 4.41. The summed E-state index contributed by atoms with van der Waals surface area (Å²) in [6.07, 6.45) is 0. The lowest BCUT2D eigenvalue weighted by Gasteiger charge is -2.18. The number of carbonyl (C=O) groups is 1. The highest BCUT2D eigenvalue weighted by atomic mass is 16.6. The standard InChI is InChI=1S/C15H20N4O4/c1-15(2,3)23-13(20)9-19-17-14(16-18-19)10-6-7-11(21-4)12(8-10)22-5/h6-8H,9H2,1-5H3. The van der Waals surface area contributed by atoms with E-state index in [2.05, 4.69) is 15.4 Å². The van der Waals surface area contributed by atoms with Crippen LogP contribution in [0, 0.1) is 0 Å². The van der Waals surface area contributed by atoms with Crippen molar-refractivity contribution in [2.75, 3.05) is 14.2 Å². The van der Waals surface area contributed by atoms with E-state index in [1.165, 1.54) is 4.80 Å². The Balaban J connectivity index is 2.14. The van der Waals surface area contributed by atoms with E-state index in [9.17, 15) is 4.79 Å². The van der Waals surface area contributed by atoms with Crippen molar-refractivity contribution >= 4 is 5.97 Å². The van der Waals surface area contributed by atoms with E-state index in [1.54, 1.807) is 53.2 Å². The number of aromatic nitrogens is 4. The molecule has 23 heavy (non-hydrogen) atoms. The van der Waals surface area contributed by atoms with Crippen LogP contribution in [0.5, 0.6) is 11.5 Å². The number of hydrogen-bond acceptors (Lipinski definition) is 7. The fraction of sp³-hybridized carbons (Fsp3) is 0.467. The minimum Gasteiger partial charge on any atom is -0.493 e. The Morgan fingerprint density at radius 1 is 1.17 bits per heavy atom. The van der Waals surface area contributed by atoms with Crippen LogP contribution in [0.25, 0.3) is 11.4 Å². The van der Waals surface area contributed by atoms with Gasteiger partial charge in [0.1, 0.15) is 5.60 Å². The molecule has 0 spiro atoms. The van der Waals surface area contributed by atoms with Crippen molar-refractivity contribution in [1.29, 1.82) is 0 Å². The van der Waals surface area contributed by atoms with Crippen LogP contribution < -0.4 is 9.47 Å². The van der Waals surface area contributed by atoms with Gasteiger partial charge in [-0.3, -0.25) is 0 Å². The number of tetrazole rings is 1. The second-order valence-corrected chi connectivity index (χ2v) is 5.80. The summed E-state index contributed by atoms with van der Waals surface area (Å²) in [7, 11) is 3.11. The van der Waals surface area contributed by atoms with E-state index in [4.69, 9.17) is 14.2 Å². The first-order chi connectivity index (χ1) is 10.8. The molecule has 1 heterocycles.